The van der Waals surface area contributed by atoms with Crippen LogP contribution in [0.3, 0.4) is 0 Å². The molecule has 0 aliphatic carbocycles. The van der Waals surface area contributed by atoms with Crippen LogP contribution >= 0.6 is 15.9 Å². The van der Waals surface area contributed by atoms with Crippen molar-refractivity contribution in [1.82, 2.24) is 0 Å². The first-order chi connectivity index (χ1) is 15.0. The van der Waals surface area contributed by atoms with E-state index in [9.17, 15) is 10.1 Å². The first-order valence-corrected chi connectivity index (χ1v) is 10.3. The Labute approximate surface area is 190 Å². The number of methoxy groups -OCH3 is 1. The molecule has 0 saturated heterocycles. The van der Waals surface area contributed by atoms with E-state index in [-0.39, 0.29) is 5.57 Å². The van der Waals surface area contributed by atoms with E-state index < -0.39 is 5.91 Å². The van der Waals surface area contributed by atoms with Crippen molar-refractivity contribution < 1.29 is 14.3 Å². The lowest BCUT2D eigenvalue weighted by Crippen LogP contribution is -2.13. The van der Waals surface area contributed by atoms with Gasteiger partial charge in [0.25, 0.3) is 5.91 Å². The number of carbonyl (C=O) groups is 1. The van der Waals surface area contributed by atoms with E-state index in [1.807, 2.05) is 55.5 Å². The number of nitrogens with zero attached hydrogens (tertiary/aromatic N) is 1. The number of hydrogen-bond donors (Lipinski definition) is 1. The monoisotopic (exact) mass is 476 g/mol. The van der Waals surface area contributed by atoms with Gasteiger partial charge in [0.2, 0.25) is 0 Å². The quantitative estimate of drug-likeness (QED) is 0.340. The number of carbonyl (C=O) groups excluding carboxylic acids is 1. The van der Waals surface area contributed by atoms with Gasteiger partial charge in [-0.25, -0.2) is 0 Å². The maximum atomic E-state index is 12.5. The van der Waals surface area contributed by atoms with Crippen LogP contribution < -0.4 is 14.8 Å². The fourth-order valence-corrected chi connectivity index (χ4v) is 3.30. The van der Waals surface area contributed by atoms with Gasteiger partial charge in [-0.3, -0.25) is 4.79 Å². The lowest BCUT2D eigenvalue weighted by atomic mass is 10.1. The summed E-state index contributed by atoms with van der Waals surface area (Å²) >= 11 is 3.51. The molecule has 0 unspecified atom stereocenters. The summed E-state index contributed by atoms with van der Waals surface area (Å²) in [4.78, 5) is 12.5. The molecule has 1 amide bonds. The maximum Gasteiger partial charge on any atom is 0.266 e. The molecule has 6 heteroatoms. The van der Waals surface area contributed by atoms with E-state index in [0.29, 0.717) is 29.4 Å². The van der Waals surface area contributed by atoms with Crippen LogP contribution in [0.2, 0.25) is 0 Å². The van der Waals surface area contributed by atoms with E-state index >= 15 is 0 Å². The summed E-state index contributed by atoms with van der Waals surface area (Å²) in [5.41, 5.74) is 3.31. The number of ether oxygens (including phenoxy) is 2. The minimum atomic E-state index is -0.471. The summed E-state index contributed by atoms with van der Waals surface area (Å²) in [6.07, 6.45) is 1.52. The Kier molecular flexibility index (Phi) is 7.47. The van der Waals surface area contributed by atoms with Crippen molar-refractivity contribution in [3.63, 3.8) is 0 Å². The molecule has 5 nitrogen and oxygen atoms in total. The molecule has 1 N–H and O–H groups in total. The predicted octanol–water partition coefficient (Wildman–Crippen LogP) is 5.89. The maximum absolute atomic E-state index is 12.5. The first kappa shape index (κ1) is 22.1. The largest absolute Gasteiger partial charge is 0.493 e. The Morgan fingerprint density at radius 1 is 1.10 bits per heavy atom. The molecule has 0 heterocycles. The lowest BCUT2D eigenvalue weighted by Gasteiger charge is -2.12. The van der Waals surface area contributed by atoms with E-state index in [2.05, 4.69) is 21.2 Å². The highest BCUT2D eigenvalue weighted by Gasteiger charge is 2.12. The molecule has 0 fully saturated rings. The molecule has 0 spiro atoms. The molecule has 0 aliphatic heterocycles. The molecule has 0 aliphatic rings. The molecule has 3 aromatic rings. The summed E-state index contributed by atoms with van der Waals surface area (Å²) in [5.74, 6) is 0.608. The Bertz CT molecular complexity index is 1170. The van der Waals surface area contributed by atoms with Crippen molar-refractivity contribution in [2.24, 2.45) is 0 Å². The highest BCUT2D eigenvalue weighted by atomic mass is 79.9. The number of amides is 1. The van der Waals surface area contributed by atoms with Gasteiger partial charge in [0.05, 0.1) is 7.11 Å². The number of rotatable bonds is 7. The van der Waals surface area contributed by atoms with E-state index in [0.717, 1.165) is 15.6 Å². The molecular weight excluding hydrogens is 456 g/mol. The molecule has 0 bridgehead atoms. The number of nitrogens with one attached hydrogen (secondary N) is 1. The average Bonchev–Trinajstić information content (AvgIpc) is 2.77. The van der Waals surface area contributed by atoms with Gasteiger partial charge < -0.3 is 14.8 Å². The Morgan fingerprint density at radius 2 is 1.90 bits per heavy atom. The SMILES string of the molecule is COc1cc(/C=C(\C#N)C(=O)Nc2cccc(C)c2)ccc1OCc1ccccc1Br. The Morgan fingerprint density at radius 3 is 2.61 bits per heavy atom. The molecule has 156 valence electrons. The third-order valence-electron chi connectivity index (χ3n) is 4.48. The molecule has 0 radical (unpaired) electrons. The zero-order valence-corrected chi connectivity index (χ0v) is 18.8. The fraction of sp³-hybridized carbons (Fsp3) is 0.120. The number of nitriles is 1. The third kappa shape index (κ3) is 5.97. The van der Waals surface area contributed by atoms with Crippen molar-refractivity contribution >= 4 is 33.6 Å². The van der Waals surface area contributed by atoms with Crippen LogP contribution in [0.15, 0.2) is 76.8 Å². The van der Waals surface area contributed by atoms with Gasteiger partial charge in [-0.05, 0) is 54.5 Å². The Balaban J connectivity index is 1.76. The summed E-state index contributed by atoms with van der Waals surface area (Å²) in [6, 6.07) is 22.4. The second-order valence-electron chi connectivity index (χ2n) is 6.78. The van der Waals surface area contributed by atoms with Crippen molar-refractivity contribution in [2.75, 3.05) is 12.4 Å². The van der Waals surface area contributed by atoms with Crippen molar-refractivity contribution in [3.8, 4) is 17.6 Å². The highest BCUT2D eigenvalue weighted by molar-refractivity contribution is 9.10. The van der Waals surface area contributed by atoms with Crippen LogP contribution in [0.25, 0.3) is 6.08 Å². The zero-order valence-electron chi connectivity index (χ0n) is 17.2. The van der Waals surface area contributed by atoms with Gasteiger partial charge >= 0.3 is 0 Å². The zero-order chi connectivity index (χ0) is 22.2. The van der Waals surface area contributed by atoms with Crippen molar-refractivity contribution in [2.45, 2.75) is 13.5 Å². The van der Waals surface area contributed by atoms with Gasteiger partial charge in [0.15, 0.2) is 11.5 Å². The fourth-order valence-electron chi connectivity index (χ4n) is 2.90. The minimum absolute atomic E-state index is 0.00885. The summed E-state index contributed by atoms with van der Waals surface area (Å²) in [7, 11) is 1.55. The van der Waals surface area contributed by atoms with Crippen LogP contribution in [0.1, 0.15) is 16.7 Å². The molecule has 0 atom stereocenters. The summed E-state index contributed by atoms with van der Waals surface area (Å²) in [5, 5.41) is 12.2. The highest BCUT2D eigenvalue weighted by Crippen LogP contribution is 2.30. The average molecular weight is 477 g/mol. The molecule has 3 rings (SSSR count). The van der Waals surface area contributed by atoms with E-state index in [1.165, 1.54) is 6.08 Å². The normalized spacial score (nSPS) is 10.8. The second-order valence-corrected chi connectivity index (χ2v) is 7.64. The van der Waals surface area contributed by atoms with E-state index in [4.69, 9.17) is 9.47 Å². The third-order valence-corrected chi connectivity index (χ3v) is 5.25. The van der Waals surface area contributed by atoms with Crippen LogP contribution in [0, 0.1) is 18.3 Å². The molecule has 0 aromatic heterocycles. The number of anilines is 1. The van der Waals surface area contributed by atoms with Gasteiger partial charge in [-0.1, -0.05) is 52.3 Å². The predicted molar refractivity (Wildman–Crippen MR) is 125 cm³/mol. The van der Waals surface area contributed by atoms with Gasteiger partial charge in [0, 0.05) is 15.7 Å². The van der Waals surface area contributed by atoms with Gasteiger partial charge in [-0.15, -0.1) is 0 Å². The summed E-state index contributed by atoms with van der Waals surface area (Å²) < 4.78 is 12.3. The van der Waals surface area contributed by atoms with E-state index in [1.54, 1.807) is 31.4 Å². The Hall–Kier alpha value is -3.56. The smallest absolute Gasteiger partial charge is 0.266 e. The van der Waals surface area contributed by atoms with Crippen LogP contribution in [-0.4, -0.2) is 13.0 Å². The standard InChI is InChI=1S/C25H21BrN2O3/c1-17-6-5-8-21(12-17)28-25(29)20(15-27)13-18-10-11-23(24(14-18)30-2)31-16-19-7-3-4-9-22(19)26/h3-14H,16H2,1-2H3,(H,28,29)/b20-13+. The number of hydrogen-bond acceptors (Lipinski definition) is 4. The topological polar surface area (TPSA) is 71.3 Å². The molecule has 0 saturated carbocycles. The molecule has 31 heavy (non-hydrogen) atoms. The first-order valence-electron chi connectivity index (χ1n) is 9.54. The van der Waals surface area contributed by atoms with Crippen LogP contribution in [-0.2, 0) is 11.4 Å². The number of aryl methyl sites for hydroxylation is 1. The number of halogens is 1. The second kappa shape index (κ2) is 10.5. The minimum Gasteiger partial charge on any atom is -0.493 e. The van der Waals surface area contributed by atoms with Crippen LogP contribution in [0.5, 0.6) is 11.5 Å². The molecular formula is C25H21BrN2O3. The van der Waals surface area contributed by atoms with Gasteiger partial charge in [0.1, 0.15) is 18.2 Å². The number of benzene rings is 3. The summed E-state index contributed by atoms with van der Waals surface area (Å²) in [6.45, 7) is 2.30. The van der Waals surface area contributed by atoms with Crippen molar-refractivity contribution in [3.05, 3.63) is 93.5 Å². The molecule has 3 aromatic carbocycles. The van der Waals surface area contributed by atoms with Crippen LogP contribution in [0.4, 0.5) is 5.69 Å². The van der Waals surface area contributed by atoms with Crippen molar-refractivity contribution in [1.29, 1.82) is 5.26 Å². The van der Waals surface area contributed by atoms with Gasteiger partial charge in [-0.2, -0.15) is 5.26 Å². The lowest BCUT2D eigenvalue weighted by molar-refractivity contribution is -0.112.